The molecule has 0 spiro atoms. The summed E-state index contributed by atoms with van der Waals surface area (Å²) in [5.41, 5.74) is 1.91. The zero-order chi connectivity index (χ0) is 22.5. The molecule has 4 rings (SSSR count). The minimum absolute atomic E-state index is 0.229. The van der Waals surface area contributed by atoms with E-state index in [2.05, 4.69) is 21.3 Å². The maximum atomic E-state index is 13.3. The highest BCUT2D eigenvalue weighted by Gasteiger charge is 2.23. The maximum absolute atomic E-state index is 13.3. The van der Waals surface area contributed by atoms with Crippen LogP contribution in [0.4, 0.5) is 26.2 Å². The fourth-order valence-electron chi connectivity index (χ4n) is 3.03. The van der Waals surface area contributed by atoms with Crippen LogP contribution in [0.1, 0.15) is 33.6 Å². The molecule has 4 N–H and O–H groups in total. The number of hydrogen-bond donors (Lipinski definition) is 4. The SMILES string of the molecule is O=C(Nc1cccc(C(=O)Nc2cccc(C(=O)Nc3cccc(F)c3)c2)c1)NC1CC1. The van der Waals surface area contributed by atoms with Gasteiger partial charge in [-0.25, -0.2) is 9.18 Å². The monoisotopic (exact) mass is 432 g/mol. The van der Waals surface area contributed by atoms with E-state index in [0.717, 1.165) is 12.8 Å². The number of halogens is 1. The van der Waals surface area contributed by atoms with Crippen LogP contribution in [-0.2, 0) is 0 Å². The van der Waals surface area contributed by atoms with Gasteiger partial charge < -0.3 is 21.3 Å². The maximum Gasteiger partial charge on any atom is 0.319 e. The van der Waals surface area contributed by atoms with Crippen molar-refractivity contribution in [1.82, 2.24) is 5.32 Å². The normalized spacial score (nSPS) is 12.5. The molecule has 0 aromatic heterocycles. The second kappa shape index (κ2) is 9.30. The van der Waals surface area contributed by atoms with Crippen molar-refractivity contribution in [2.45, 2.75) is 18.9 Å². The Labute approximate surface area is 184 Å². The van der Waals surface area contributed by atoms with Crippen LogP contribution in [0.5, 0.6) is 0 Å². The first-order chi connectivity index (χ1) is 15.5. The molecule has 4 amide bonds. The molecular weight excluding hydrogens is 411 g/mol. The summed E-state index contributed by atoms with van der Waals surface area (Å²) < 4.78 is 13.3. The summed E-state index contributed by atoms with van der Waals surface area (Å²) in [5.74, 6) is -1.27. The van der Waals surface area contributed by atoms with Crippen molar-refractivity contribution in [2.24, 2.45) is 0 Å². The summed E-state index contributed by atoms with van der Waals surface area (Å²) in [6.45, 7) is 0. The molecule has 0 radical (unpaired) electrons. The van der Waals surface area contributed by atoms with E-state index in [1.807, 2.05) is 0 Å². The van der Waals surface area contributed by atoms with Crippen LogP contribution >= 0.6 is 0 Å². The standard InChI is InChI=1S/C24H21FN4O3/c25-17-6-3-9-21(14-17)27-23(31)15-4-1-7-19(12-15)26-22(30)16-5-2-8-20(13-16)29-24(32)28-18-10-11-18/h1-9,12-14,18H,10-11H2,(H,26,30)(H,27,31)(H2,28,29,32). The second-order valence-electron chi connectivity index (χ2n) is 7.45. The van der Waals surface area contributed by atoms with E-state index >= 15 is 0 Å². The molecule has 0 heterocycles. The number of anilines is 3. The lowest BCUT2D eigenvalue weighted by atomic mass is 10.1. The molecule has 1 saturated carbocycles. The van der Waals surface area contributed by atoms with Gasteiger partial charge in [-0.3, -0.25) is 9.59 Å². The van der Waals surface area contributed by atoms with Gasteiger partial charge in [-0.15, -0.1) is 0 Å². The molecule has 0 saturated heterocycles. The minimum atomic E-state index is -0.453. The number of carbonyl (C=O) groups is 3. The molecule has 0 atom stereocenters. The fourth-order valence-corrected chi connectivity index (χ4v) is 3.03. The van der Waals surface area contributed by atoms with E-state index in [4.69, 9.17) is 0 Å². The predicted molar refractivity (Wildman–Crippen MR) is 120 cm³/mol. The first kappa shape index (κ1) is 21.0. The van der Waals surface area contributed by atoms with Gasteiger partial charge in [0.15, 0.2) is 0 Å². The van der Waals surface area contributed by atoms with Crippen molar-refractivity contribution in [3.05, 3.63) is 89.7 Å². The molecule has 1 fully saturated rings. The Hall–Kier alpha value is -4.20. The van der Waals surface area contributed by atoms with Gasteiger partial charge >= 0.3 is 6.03 Å². The van der Waals surface area contributed by atoms with Crippen LogP contribution in [0, 0.1) is 5.82 Å². The van der Waals surface area contributed by atoms with Crippen molar-refractivity contribution in [3.63, 3.8) is 0 Å². The molecule has 1 aliphatic carbocycles. The molecular formula is C24H21FN4O3. The van der Waals surface area contributed by atoms with Crippen molar-refractivity contribution < 1.29 is 18.8 Å². The fraction of sp³-hybridized carbons (Fsp3) is 0.125. The Morgan fingerprint density at radius 3 is 1.72 bits per heavy atom. The van der Waals surface area contributed by atoms with Crippen LogP contribution in [0.3, 0.4) is 0 Å². The van der Waals surface area contributed by atoms with Gasteiger partial charge in [0, 0.05) is 34.2 Å². The molecule has 32 heavy (non-hydrogen) atoms. The van der Waals surface area contributed by atoms with Gasteiger partial charge in [-0.1, -0.05) is 18.2 Å². The van der Waals surface area contributed by atoms with Crippen LogP contribution in [0.2, 0.25) is 0 Å². The first-order valence-electron chi connectivity index (χ1n) is 10.1. The summed E-state index contributed by atoms with van der Waals surface area (Å²) >= 11 is 0. The van der Waals surface area contributed by atoms with Crippen molar-refractivity contribution in [1.29, 1.82) is 0 Å². The topological polar surface area (TPSA) is 99.3 Å². The van der Waals surface area contributed by atoms with Gasteiger partial charge in [-0.05, 0) is 67.4 Å². The average molecular weight is 432 g/mol. The number of rotatable bonds is 6. The highest BCUT2D eigenvalue weighted by molar-refractivity contribution is 6.08. The second-order valence-corrected chi connectivity index (χ2v) is 7.45. The Bertz CT molecular complexity index is 1180. The molecule has 3 aromatic rings. The summed E-state index contributed by atoms with van der Waals surface area (Å²) in [7, 11) is 0. The number of benzene rings is 3. The highest BCUT2D eigenvalue weighted by atomic mass is 19.1. The highest BCUT2D eigenvalue weighted by Crippen LogP contribution is 2.20. The first-order valence-corrected chi connectivity index (χ1v) is 10.1. The number of amides is 4. The van der Waals surface area contributed by atoms with Crippen molar-refractivity contribution in [3.8, 4) is 0 Å². The van der Waals surface area contributed by atoms with Crippen LogP contribution in [0.25, 0.3) is 0 Å². The lowest BCUT2D eigenvalue weighted by molar-refractivity contribution is 0.101. The molecule has 3 aromatic carbocycles. The smallest absolute Gasteiger partial charge is 0.319 e. The third-order valence-electron chi connectivity index (χ3n) is 4.76. The van der Waals surface area contributed by atoms with E-state index in [-0.39, 0.29) is 18.0 Å². The Morgan fingerprint density at radius 1 is 0.688 bits per heavy atom. The summed E-state index contributed by atoms with van der Waals surface area (Å²) in [5, 5.41) is 10.9. The lowest BCUT2D eigenvalue weighted by Gasteiger charge is -2.10. The molecule has 0 aliphatic heterocycles. The molecule has 0 unspecified atom stereocenters. The van der Waals surface area contributed by atoms with E-state index in [0.29, 0.717) is 28.2 Å². The lowest BCUT2D eigenvalue weighted by Crippen LogP contribution is -2.30. The zero-order valence-corrected chi connectivity index (χ0v) is 17.0. The quantitative estimate of drug-likeness (QED) is 0.458. The van der Waals surface area contributed by atoms with E-state index in [9.17, 15) is 18.8 Å². The number of nitrogens with one attached hydrogen (secondary N) is 4. The molecule has 1 aliphatic rings. The van der Waals surface area contributed by atoms with Gasteiger partial charge in [0.25, 0.3) is 11.8 Å². The van der Waals surface area contributed by atoms with Crippen LogP contribution in [-0.4, -0.2) is 23.9 Å². The Morgan fingerprint density at radius 2 is 1.19 bits per heavy atom. The summed E-state index contributed by atoms with van der Waals surface area (Å²) in [6.07, 6.45) is 1.96. The Balaban J connectivity index is 1.40. The average Bonchev–Trinajstić information content (AvgIpc) is 3.58. The van der Waals surface area contributed by atoms with E-state index < -0.39 is 11.7 Å². The molecule has 8 heteroatoms. The van der Waals surface area contributed by atoms with Gasteiger partial charge in [0.2, 0.25) is 0 Å². The van der Waals surface area contributed by atoms with Gasteiger partial charge in [0.1, 0.15) is 5.82 Å². The zero-order valence-electron chi connectivity index (χ0n) is 17.0. The third kappa shape index (κ3) is 5.69. The largest absolute Gasteiger partial charge is 0.335 e. The summed E-state index contributed by atoms with van der Waals surface area (Å²) in [6, 6.07) is 18.5. The van der Waals surface area contributed by atoms with Gasteiger partial charge in [0.05, 0.1) is 0 Å². The number of carbonyl (C=O) groups excluding carboxylic acids is 3. The summed E-state index contributed by atoms with van der Waals surface area (Å²) in [4.78, 5) is 37.0. The molecule has 162 valence electrons. The predicted octanol–water partition coefficient (Wildman–Crippen LogP) is 4.61. The third-order valence-corrected chi connectivity index (χ3v) is 4.76. The van der Waals surface area contributed by atoms with Gasteiger partial charge in [-0.2, -0.15) is 0 Å². The Kier molecular flexibility index (Phi) is 6.12. The van der Waals surface area contributed by atoms with Crippen molar-refractivity contribution in [2.75, 3.05) is 16.0 Å². The van der Waals surface area contributed by atoms with E-state index in [1.165, 1.54) is 24.3 Å². The molecule has 0 bridgehead atoms. The van der Waals surface area contributed by atoms with Crippen LogP contribution < -0.4 is 21.3 Å². The van der Waals surface area contributed by atoms with Crippen LogP contribution in [0.15, 0.2) is 72.8 Å². The van der Waals surface area contributed by atoms with E-state index in [1.54, 1.807) is 48.5 Å². The minimum Gasteiger partial charge on any atom is -0.335 e. The number of hydrogen-bond acceptors (Lipinski definition) is 3. The number of urea groups is 1. The van der Waals surface area contributed by atoms with Crippen molar-refractivity contribution >= 4 is 34.9 Å². The molecule has 7 nitrogen and oxygen atoms in total.